The lowest BCUT2D eigenvalue weighted by atomic mass is 10.1. The maximum atomic E-state index is 13.5. The number of aromatic nitrogens is 2. The summed E-state index contributed by atoms with van der Waals surface area (Å²) in [5.41, 5.74) is 5.12. The number of aromatic amines is 1. The lowest BCUT2D eigenvalue weighted by molar-refractivity contribution is -0.264. The summed E-state index contributed by atoms with van der Waals surface area (Å²) in [6.07, 6.45) is -4.55. The van der Waals surface area contributed by atoms with E-state index in [4.69, 9.17) is 10.5 Å². The molecule has 0 saturated carbocycles. The predicted octanol–water partition coefficient (Wildman–Crippen LogP) is 3.08. The highest BCUT2D eigenvalue weighted by Crippen LogP contribution is 2.33. The standard InChI is InChI=1S/C18H22F5N5O2/c1-16(2,18(21,22)23)30-7-11(24)14-26-12-4-3-10(5-13(12)27-14)6-28-9-17(19,20)8-25-15(28)29/h3-5,11H,6-9,24H2,1-2H3,(H,25,29)(H,26,27)/t11-/m0/s1. The maximum Gasteiger partial charge on any atom is 0.416 e. The summed E-state index contributed by atoms with van der Waals surface area (Å²) in [7, 11) is 0. The smallest absolute Gasteiger partial charge is 0.364 e. The average Bonchev–Trinajstić information content (AvgIpc) is 3.05. The van der Waals surface area contributed by atoms with Crippen LogP contribution < -0.4 is 11.1 Å². The molecule has 1 atom stereocenters. The van der Waals surface area contributed by atoms with Gasteiger partial charge in [0.2, 0.25) is 0 Å². The van der Waals surface area contributed by atoms with Crippen molar-refractivity contribution in [2.24, 2.45) is 5.73 Å². The van der Waals surface area contributed by atoms with Crippen LogP contribution in [0, 0.1) is 0 Å². The van der Waals surface area contributed by atoms with E-state index in [1.165, 1.54) is 0 Å². The Morgan fingerprint density at radius 3 is 2.70 bits per heavy atom. The summed E-state index contributed by atoms with van der Waals surface area (Å²) >= 11 is 0. The van der Waals surface area contributed by atoms with Crippen LogP contribution in [0.5, 0.6) is 0 Å². The zero-order valence-corrected chi connectivity index (χ0v) is 16.3. The van der Waals surface area contributed by atoms with Crippen LogP contribution in [-0.2, 0) is 11.3 Å². The predicted molar refractivity (Wildman–Crippen MR) is 97.9 cm³/mol. The van der Waals surface area contributed by atoms with Crippen LogP contribution in [0.3, 0.4) is 0 Å². The molecule has 0 unspecified atom stereocenters. The Bertz CT molecular complexity index is 927. The first-order valence-corrected chi connectivity index (χ1v) is 9.13. The molecule has 30 heavy (non-hydrogen) atoms. The Balaban J connectivity index is 1.70. The molecule has 2 aromatic rings. The minimum atomic E-state index is -4.55. The molecule has 2 heterocycles. The molecule has 4 N–H and O–H groups in total. The van der Waals surface area contributed by atoms with Gasteiger partial charge in [0.05, 0.1) is 36.8 Å². The van der Waals surface area contributed by atoms with Crippen molar-refractivity contribution < 1.29 is 31.5 Å². The van der Waals surface area contributed by atoms with Crippen LogP contribution in [-0.4, -0.2) is 58.3 Å². The van der Waals surface area contributed by atoms with Gasteiger partial charge in [0.25, 0.3) is 5.92 Å². The highest BCUT2D eigenvalue weighted by atomic mass is 19.4. The van der Waals surface area contributed by atoms with Crippen LogP contribution in [0.25, 0.3) is 11.0 Å². The number of hydrogen-bond acceptors (Lipinski definition) is 4. The number of nitrogens with one attached hydrogen (secondary N) is 2. The molecule has 1 saturated heterocycles. The van der Waals surface area contributed by atoms with Gasteiger partial charge in [0, 0.05) is 6.54 Å². The van der Waals surface area contributed by atoms with Crippen molar-refractivity contribution in [2.45, 2.75) is 44.1 Å². The number of fused-ring (bicyclic) bond motifs is 1. The van der Waals surface area contributed by atoms with E-state index in [2.05, 4.69) is 15.3 Å². The largest absolute Gasteiger partial charge is 0.416 e. The van der Waals surface area contributed by atoms with E-state index in [1.807, 2.05) is 0 Å². The minimum absolute atomic E-state index is 0.0471. The normalized spacial score (nSPS) is 18.5. The molecule has 1 aromatic heterocycles. The minimum Gasteiger partial charge on any atom is -0.364 e. The molecule has 166 valence electrons. The van der Waals surface area contributed by atoms with E-state index >= 15 is 0 Å². The van der Waals surface area contributed by atoms with E-state index in [9.17, 15) is 26.7 Å². The summed E-state index contributed by atoms with van der Waals surface area (Å²) in [4.78, 5) is 20.0. The molecule has 2 amide bonds. The van der Waals surface area contributed by atoms with Crippen LogP contribution in [0.1, 0.15) is 31.3 Å². The Labute approximate surface area is 168 Å². The monoisotopic (exact) mass is 435 g/mol. The zero-order chi connectivity index (χ0) is 22.3. The third kappa shape index (κ3) is 4.81. The number of halogens is 5. The fraction of sp³-hybridized carbons (Fsp3) is 0.556. The second-order valence-corrected chi connectivity index (χ2v) is 7.77. The Morgan fingerprint density at radius 2 is 2.03 bits per heavy atom. The molecule has 0 bridgehead atoms. The molecule has 12 heteroatoms. The first-order valence-electron chi connectivity index (χ1n) is 9.13. The number of nitrogens with zero attached hydrogens (tertiary/aromatic N) is 2. The first-order chi connectivity index (χ1) is 13.8. The van der Waals surface area contributed by atoms with Crippen LogP contribution in [0.2, 0.25) is 0 Å². The second-order valence-electron chi connectivity index (χ2n) is 7.77. The summed E-state index contributed by atoms with van der Waals surface area (Å²) in [6.45, 7) is -0.0401. The van der Waals surface area contributed by atoms with Crippen molar-refractivity contribution in [3.05, 3.63) is 29.6 Å². The molecule has 0 radical (unpaired) electrons. The second kappa shape index (κ2) is 7.65. The zero-order valence-electron chi connectivity index (χ0n) is 16.3. The van der Waals surface area contributed by atoms with Crippen LogP contribution >= 0.6 is 0 Å². The Morgan fingerprint density at radius 1 is 1.33 bits per heavy atom. The molecule has 1 fully saturated rings. The van der Waals surface area contributed by atoms with Gasteiger partial charge >= 0.3 is 12.2 Å². The summed E-state index contributed by atoms with van der Waals surface area (Å²) in [6, 6.07) is 3.35. The number of amides is 2. The van der Waals surface area contributed by atoms with Gasteiger partial charge in [-0.15, -0.1) is 0 Å². The maximum absolute atomic E-state index is 13.5. The van der Waals surface area contributed by atoms with Crippen molar-refractivity contribution in [3.63, 3.8) is 0 Å². The molecule has 3 rings (SSSR count). The number of alkyl halides is 5. The highest BCUT2D eigenvalue weighted by molar-refractivity contribution is 5.77. The number of H-pyrrole nitrogens is 1. The molecule has 7 nitrogen and oxygen atoms in total. The van der Waals surface area contributed by atoms with E-state index < -0.39 is 49.5 Å². The van der Waals surface area contributed by atoms with Crippen molar-refractivity contribution in [2.75, 3.05) is 19.7 Å². The van der Waals surface area contributed by atoms with Crippen LogP contribution in [0.15, 0.2) is 18.2 Å². The van der Waals surface area contributed by atoms with Crippen molar-refractivity contribution in [1.82, 2.24) is 20.2 Å². The number of imidazole rings is 1. The number of rotatable bonds is 6. The topological polar surface area (TPSA) is 96.3 Å². The quantitative estimate of drug-likeness (QED) is 0.608. The molecule has 1 aliphatic rings. The average molecular weight is 435 g/mol. The summed E-state index contributed by atoms with van der Waals surface area (Å²) in [5.74, 6) is -2.79. The lowest BCUT2D eigenvalue weighted by Gasteiger charge is -2.32. The van der Waals surface area contributed by atoms with Crippen molar-refractivity contribution in [1.29, 1.82) is 0 Å². The first kappa shape index (κ1) is 22.2. The number of benzene rings is 1. The third-order valence-corrected chi connectivity index (χ3v) is 4.80. The summed E-state index contributed by atoms with van der Waals surface area (Å²) < 4.78 is 70.7. The molecular formula is C18H22F5N5O2. The van der Waals surface area contributed by atoms with Gasteiger partial charge in [-0.05, 0) is 31.5 Å². The van der Waals surface area contributed by atoms with Crippen LogP contribution in [0.4, 0.5) is 26.7 Å². The van der Waals surface area contributed by atoms with Gasteiger partial charge in [-0.25, -0.2) is 18.6 Å². The van der Waals surface area contributed by atoms with Gasteiger partial charge in [-0.1, -0.05) is 6.07 Å². The lowest BCUT2D eigenvalue weighted by Crippen LogP contribution is -2.56. The molecule has 1 aliphatic heterocycles. The van der Waals surface area contributed by atoms with E-state index in [0.717, 1.165) is 18.7 Å². The number of hydrogen-bond donors (Lipinski definition) is 3. The SMILES string of the molecule is CC(C)(OC[C@H](N)c1nc2cc(CN3CC(F)(F)CNC3=O)ccc2[nH]1)C(F)(F)F. The molecule has 0 aliphatic carbocycles. The van der Waals surface area contributed by atoms with E-state index in [-0.39, 0.29) is 12.4 Å². The van der Waals surface area contributed by atoms with Crippen molar-refractivity contribution in [3.8, 4) is 0 Å². The number of ether oxygens (including phenoxy) is 1. The third-order valence-electron chi connectivity index (χ3n) is 4.80. The fourth-order valence-corrected chi connectivity index (χ4v) is 2.88. The fourth-order valence-electron chi connectivity index (χ4n) is 2.88. The Hall–Kier alpha value is -2.47. The molecule has 1 aromatic carbocycles. The van der Waals surface area contributed by atoms with Gasteiger partial charge in [0.1, 0.15) is 5.82 Å². The van der Waals surface area contributed by atoms with Gasteiger partial charge in [-0.2, -0.15) is 13.2 Å². The van der Waals surface area contributed by atoms with Gasteiger partial charge in [-0.3, -0.25) is 0 Å². The van der Waals surface area contributed by atoms with Crippen molar-refractivity contribution >= 4 is 17.1 Å². The number of urea groups is 1. The van der Waals surface area contributed by atoms with E-state index in [0.29, 0.717) is 16.6 Å². The number of carbonyl (C=O) groups excluding carboxylic acids is 1. The molecule has 0 spiro atoms. The summed E-state index contributed by atoms with van der Waals surface area (Å²) in [5, 5.41) is 2.14. The van der Waals surface area contributed by atoms with Gasteiger partial charge < -0.3 is 25.7 Å². The van der Waals surface area contributed by atoms with E-state index in [1.54, 1.807) is 18.2 Å². The number of carbonyl (C=O) groups is 1. The number of nitrogens with two attached hydrogens (primary N) is 1. The highest BCUT2D eigenvalue weighted by Gasteiger charge is 2.48. The molecular weight excluding hydrogens is 413 g/mol. The van der Waals surface area contributed by atoms with Gasteiger partial charge in [0.15, 0.2) is 5.60 Å². The Kier molecular flexibility index (Phi) is 5.67.